The average molecular weight is 220 g/mol. The van der Waals surface area contributed by atoms with Crippen LogP contribution in [0.15, 0.2) is 24.3 Å². The molecule has 2 heteroatoms. The van der Waals surface area contributed by atoms with Gasteiger partial charge in [0, 0.05) is 25.3 Å². The van der Waals surface area contributed by atoms with Crippen molar-refractivity contribution in [2.45, 2.75) is 39.2 Å². The van der Waals surface area contributed by atoms with Gasteiger partial charge < -0.3 is 10.6 Å². The summed E-state index contributed by atoms with van der Waals surface area (Å²) in [5, 5.41) is 0. The van der Waals surface area contributed by atoms with Crippen LogP contribution in [0.3, 0.4) is 0 Å². The molecule has 2 nitrogen and oxygen atoms in total. The molecule has 0 aromatic heterocycles. The Bertz CT molecular complexity index is 292. The Morgan fingerprint density at radius 2 is 1.88 bits per heavy atom. The Balaban J connectivity index is 2.35. The van der Waals surface area contributed by atoms with Gasteiger partial charge in [-0.15, -0.1) is 0 Å². The highest BCUT2D eigenvalue weighted by Gasteiger charge is 2.02. The summed E-state index contributed by atoms with van der Waals surface area (Å²) in [6.07, 6.45) is 3.36. The van der Waals surface area contributed by atoms with Gasteiger partial charge in [-0.25, -0.2) is 0 Å². The SMILES string of the molecule is CCC(N)CCCN(C)c1ccc(C)cc1. The second-order valence-electron chi connectivity index (χ2n) is 4.57. The molecule has 0 fully saturated rings. The Morgan fingerprint density at radius 1 is 1.25 bits per heavy atom. The van der Waals surface area contributed by atoms with Crippen molar-refractivity contribution in [1.29, 1.82) is 0 Å². The first-order chi connectivity index (χ1) is 7.63. The largest absolute Gasteiger partial charge is 0.375 e. The highest BCUT2D eigenvalue weighted by molar-refractivity contribution is 5.46. The van der Waals surface area contributed by atoms with Crippen LogP contribution in [0.2, 0.25) is 0 Å². The number of nitrogens with zero attached hydrogens (tertiary/aromatic N) is 1. The van der Waals surface area contributed by atoms with E-state index in [9.17, 15) is 0 Å². The number of rotatable bonds is 6. The predicted molar refractivity (Wildman–Crippen MR) is 71.9 cm³/mol. The van der Waals surface area contributed by atoms with Crippen LogP contribution in [-0.4, -0.2) is 19.6 Å². The van der Waals surface area contributed by atoms with Crippen LogP contribution in [0.25, 0.3) is 0 Å². The van der Waals surface area contributed by atoms with Crippen LogP contribution in [0.1, 0.15) is 31.7 Å². The first-order valence-corrected chi connectivity index (χ1v) is 6.17. The van der Waals surface area contributed by atoms with Gasteiger partial charge in [0.05, 0.1) is 0 Å². The van der Waals surface area contributed by atoms with Crippen LogP contribution in [0.5, 0.6) is 0 Å². The summed E-state index contributed by atoms with van der Waals surface area (Å²) in [7, 11) is 2.14. The van der Waals surface area contributed by atoms with Gasteiger partial charge in [-0.1, -0.05) is 24.6 Å². The summed E-state index contributed by atoms with van der Waals surface area (Å²) in [6, 6.07) is 9.03. The second-order valence-corrected chi connectivity index (χ2v) is 4.57. The third kappa shape index (κ3) is 4.23. The van der Waals surface area contributed by atoms with Crippen LogP contribution in [0, 0.1) is 6.92 Å². The number of anilines is 1. The van der Waals surface area contributed by atoms with Crippen molar-refractivity contribution in [2.24, 2.45) is 5.73 Å². The molecule has 1 atom stereocenters. The maximum atomic E-state index is 5.90. The van der Waals surface area contributed by atoms with Crippen molar-refractivity contribution >= 4 is 5.69 Å². The number of aryl methyl sites for hydroxylation is 1. The fourth-order valence-electron chi connectivity index (χ4n) is 1.72. The zero-order valence-corrected chi connectivity index (χ0v) is 10.7. The summed E-state index contributed by atoms with van der Waals surface area (Å²) < 4.78 is 0. The van der Waals surface area contributed by atoms with Crippen molar-refractivity contribution in [2.75, 3.05) is 18.5 Å². The fraction of sp³-hybridized carbons (Fsp3) is 0.571. The van der Waals surface area contributed by atoms with Crippen LogP contribution < -0.4 is 10.6 Å². The van der Waals surface area contributed by atoms with Gasteiger partial charge >= 0.3 is 0 Å². The monoisotopic (exact) mass is 220 g/mol. The first kappa shape index (κ1) is 13.0. The lowest BCUT2D eigenvalue weighted by atomic mass is 10.1. The minimum absolute atomic E-state index is 0.367. The zero-order chi connectivity index (χ0) is 12.0. The molecule has 0 aliphatic heterocycles. The molecular formula is C14H24N2. The van der Waals surface area contributed by atoms with Gasteiger partial charge in [0.15, 0.2) is 0 Å². The van der Waals surface area contributed by atoms with E-state index in [-0.39, 0.29) is 0 Å². The lowest BCUT2D eigenvalue weighted by Crippen LogP contribution is -2.23. The maximum absolute atomic E-state index is 5.90. The van der Waals surface area contributed by atoms with Gasteiger partial charge in [0.25, 0.3) is 0 Å². The van der Waals surface area contributed by atoms with Crippen molar-refractivity contribution in [3.63, 3.8) is 0 Å². The van der Waals surface area contributed by atoms with Crippen LogP contribution in [0.4, 0.5) is 5.69 Å². The lowest BCUT2D eigenvalue weighted by Gasteiger charge is -2.20. The van der Waals surface area contributed by atoms with E-state index >= 15 is 0 Å². The highest BCUT2D eigenvalue weighted by atomic mass is 15.1. The van der Waals surface area contributed by atoms with Gasteiger partial charge in [-0.2, -0.15) is 0 Å². The molecule has 1 aromatic rings. The fourth-order valence-corrected chi connectivity index (χ4v) is 1.72. The molecule has 0 bridgehead atoms. The summed E-state index contributed by atoms with van der Waals surface area (Å²) in [5.74, 6) is 0. The second kappa shape index (κ2) is 6.54. The molecule has 0 radical (unpaired) electrons. The molecule has 0 saturated heterocycles. The average Bonchev–Trinajstić information content (AvgIpc) is 2.29. The maximum Gasteiger partial charge on any atom is 0.0363 e. The molecule has 0 amide bonds. The molecule has 0 saturated carbocycles. The summed E-state index contributed by atoms with van der Waals surface area (Å²) in [5.41, 5.74) is 8.50. The summed E-state index contributed by atoms with van der Waals surface area (Å²) in [4.78, 5) is 2.29. The van der Waals surface area contributed by atoms with Gasteiger partial charge in [0.2, 0.25) is 0 Å². The van der Waals surface area contributed by atoms with Gasteiger partial charge in [0.1, 0.15) is 0 Å². The smallest absolute Gasteiger partial charge is 0.0363 e. The first-order valence-electron chi connectivity index (χ1n) is 6.17. The van der Waals surface area contributed by atoms with E-state index < -0.39 is 0 Å². The van der Waals surface area contributed by atoms with E-state index in [1.165, 1.54) is 17.7 Å². The number of hydrogen-bond acceptors (Lipinski definition) is 2. The number of benzene rings is 1. The molecule has 1 rings (SSSR count). The van der Waals surface area contributed by atoms with Crippen LogP contribution in [-0.2, 0) is 0 Å². The third-order valence-electron chi connectivity index (χ3n) is 3.07. The molecule has 0 aliphatic carbocycles. The summed E-state index contributed by atoms with van der Waals surface area (Å²) >= 11 is 0. The molecule has 2 N–H and O–H groups in total. The molecule has 0 aliphatic rings. The number of nitrogens with two attached hydrogens (primary N) is 1. The normalized spacial score (nSPS) is 12.5. The van der Waals surface area contributed by atoms with E-state index in [0.29, 0.717) is 6.04 Å². The van der Waals surface area contributed by atoms with E-state index in [0.717, 1.165) is 19.4 Å². The summed E-state index contributed by atoms with van der Waals surface area (Å²) in [6.45, 7) is 5.34. The molecule has 90 valence electrons. The minimum atomic E-state index is 0.367. The molecule has 0 spiro atoms. The van der Waals surface area contributed by atoms with Crippen molar-refractivity contribution < 1.29 is 0 Å². The van der Waals surface area contributed by atoms with E-state index in [1.54, 1.807) is 0 Å². The highest BCUT2D eigenvalue weighted by Crippen LogP contribution is 2.14. The Labute approximate surface area is 99.5 Å². The molecule has 1 aromatic carbocycles. The molecular weight excluding hydrogens is 196 g/mol. The Hall–Kier alpha value is -1.02. The third-order valence-corrected chi connectivity index (χ3v) is 3.07. The van der Waals surface area contributed by atoms with E-state index in [1.807, 2.05) is 0 Å². The van der Waals surface area contributed by atoms with E-state index in [4.69, 9.17) is 5.73 Å². The van der Waals surface area contributed by atoms with Crippen molar-refractivity contribution in [3.05, 3.63) is 29.8 Å². The van der Waals surface area contributed by atoms with Crippen molar-refractivity contribution in [3.8, 4) is 0 Å². The quantitative estimate of drug-likeness (QED) is 0.798. The zero-order valence-electron chi connectivity index (χ0n) is 10.7. The van der Waals surface area contributed by atoms with Gasteiger partial charge in [-0.3, -0.25) is 0 Å². The topological polar surface area (TPSA) is 29.3 Å². The minimum Gasteiger partial charge on any atom is -0.375 e. The van der Waals surface area contributed by atoms with Gasteiger partial charge in [-0.05, 0) is 38.3 Å². The molecule has 1 unspecified atom stereocenters. The predicted octanol–water partition coefficient (Wildman–Crippen LogP) is 2.95. The van der Waals surface area contributed by atoms with Crippen molar-refractivity contribution in [1.82, 2.24) is 0 Å². The lowest BCUT2D eigenvalue weighted by molar-refractivity contribution is 0.568. The number of hydrogen-bond donors (Lipinski definition) is 1. The Morgan fingerprint density at radius 3 is 2.44 bits per heavy atom. The standard InChI is InChI=1S/C14H24N2/c1-4-13(15)6-5-11-16(3)14-9-7-12(2)8-10-14/h7-10,13H,4-6,11,15H2,1-3H3. The molecule has 16 heavy (non-hydrogen) atoms. The Kier molecular flexibility index (Phi) is 5.33. The van der Waals surface area contributed by atoms with Crippen LogP contribution >= 0.6 is 0 Å². The van der Waals surface area contributed by atoms with E-state index in [2.05, 4.69) is 50.1 Å². The molecule has 0 heterocycles.